The quantitative estimate of drug-likeness (QED) is 0.347. The van der Waals surface area contributed by atoms with Crippen molar-refractivity contribution in [3.05, 3.63) is 114 Å². The van der Waals surface area contributed by atoms with Crippen molar-refractivity contribution < 1.29 is 4.74 Å². The van der Waals surface area contributed by atoms with E-state index in [0.29, 0.717) is 6.61 Å². The van der Waals surface area contributed by atoms with E-state index in [1.807, 2.05) is 12.1 Å². The Kier molecular flexibility index (Phi) is 6.05. The standard InChI is InChI=1S/C25H24O/c1-3-19-26-23-17-15-22(16-18-23)25(21-13-9-6-10-14-21)24(4-2)20-11-7-5-8-12-20/h3,5-18H,1,4,19H2,2H3/b25-24-. The molecular formula is C25H24O. The van der Waals surface area contributed by atoms with Crippen LogP contribution in [0, 0.1) is 0 Å². The number of hydrogen-bond donors (Lipinski definition) is 0. The van der Waals surface area contributed by atoms with Gasteiger partial charge in [0.2, 0.25) is 0 Å². The van der Waals surface area contributed by atoms with Crippen molar-refractivity contribution in [1.82, 2.24) is 0 Å². The van der Waals surface area contributed by atoms with Crippen molar-refractivity contribution in [3.8, 4) is 5.75 Å². The normalized spacial score (nSPS) is 11.6. The summed E-state index contributed by atoms with van der Waals surface area (Å²) < 4.78 is 5.63. The second-order valence-corrected chi connectivity index (χ2v) is 6.06. The molecule has 0 N–H and O–H groups in total. The molecule has 0 bridgehead atoms. The van der Waals surface area contributed by atoms with E-state index in [9.17, 15) is 0 Å². The van der Waals surface area contributed by atoms with Crippen LogP contribution in [0.3, 0.4) is 0 Å². The monoisotopic (exact) mass is 340 g/mol. The predicted octanol–water partition coefficient (Wildman–Crippen LogP) is 6.62. The first kappa shape index (κ1) is 17.8. The van der Waals surface area contributed by atoms with Crippen molar-refractivity contribution in [3.63, 3.8) is 0 Å². The minimum Gasteiger partial charge on any atom is -0.490 e. The van der Waals surface area contributed by atoms with Crippen LogP contribution in [0.4, 0.5) is 0 Å². The Morgan fingerprint density at radius 2 is 1.31 bits per heavy atom. The van der Waals surface area contributed by atoms with E-state index in [1.54, 1.807) is 6.08 Å². The van der Waals surface area contributed by atoms with Crippen LogP contribution in [0.2, 0.25) is 0 Å². The third-order valence-corrected chi connectivity index (χ3v) is 4.35. The van der Waals surface area contributed by atoms with Gasteiger partial charge in [-0.25, -0.2) is 0 Å². The number of rotatable bonds is 7. The van der Waals surface area contributed by atoms with Gasteiger partial charge < -0.3 is 4.74 Å². The molecule has 3 aromatic rings. The van der Waals surface area contributed by atoms with Gasteiger partial charge in [-0.1, -0.05) is 92.4 Å². The molecule has 1 nitrogen and oxygen atoms in total. The zero-order chi connectivity index (χ0) is 18.2. The predicted molar refractivity (Wildman–Crippen MR) is 111 cm³/mol. The van der Waals surface area contributed by atoms with Crippen LogP contribution in [0.5, 0.6) is 5.75 Å². The molecule has 0 aromatic heterocycles. The van der Waals surface area contributed by atoms with Gasteiger partial charge in [0, 0.05) is 0 Å². The fraction of sp³-hybridized carbons (Fsp3) is 0.120. The van der Waals surface area contributed by atoms with E-state index in [2.05, 4.69) is 86.3 Å². The average molecular weight is 340 g/mol. The summed E-state index contributed by atoms with van der Waals surface area (Å²) in [7, 11) is 0. The van der Waals surface area contributed by atoms with Gasteiger partial charge in [0.15, 0.2) is 0 Å². The lowest BCUT2D eigenvalue weighted by Gasteiger charge is -2.16. The summed E-state index contributed by atoms with van der Waals surface area (Å²) in [6.07, 6.45) is 2.72. The average Bonchev–Trinajstić information content (AvgIpc) is 2.72. The van der Waals surface area contributed by atoms with Crippen molar-refractivity contribution >= 4 is 11.1 Å². The maximum absolute atomic E-state index is 5.63. The van der Waals surface area contributed by atoms with Crippen LogP contribution in [0.15, 0.2) is 97.6 Å². The van der Waals surface area contributed by atoms with Gasteiger partial charge in [0.1, 0.15) is 12.4 Å². The van der Waals surface area contributed by atoms with Crippen molar-refractivity contribution in [2.24, 2.45) is 0 Å². The molecule has 0 atom stereocenters. The fourth-order valence-corrected chi connectivity index (χ4v) is 3.16. The lowest BCUT2D eigenvalue weighted by Crippen LogP contribution is -1.96. The van der Waals surface area contributed by atoms with Gasteiger partial charge in [-0.05, 0) is 46.4 Å². The van der Waals surface area contributed by atoms with E-state index in [-0.39, 0.29) is 0 Å². The highest BCUT2D eigenvalue weighted by molar-refractivity contribution is 5.98. The van der Waals surface area contributed by atoms with Crippen molar-refractivity contribution in [2.75, 3.05) is 6.61 Å². The van der Waals surface area contributed by atoms with Crippen LogP contribution >= 0.6 is 0 Å². The molecule has 0 fully saturated rings. The third-order valence-electron chi connectivity index (χ3n) is 4.35. The zero-order valence-electron chi connectivity index (χ0n) is 15.2. The Morgan fingerprint density at radius 3 is 1.85 bits per heavy atom. The number of benzene rings is 3. The summed E-state index contributed by atoms with van der Waals surface area (Å²) in [6.45, 7) is 6.43. The van der Waals surface area contributed by atoms with E-state index >= 15 is 0 Å². The Hall–Kier alpha value is -3.06. The van der Waals surface area contributed by atoms with Crippen molar-refractivity contribution in [2.45, 2.75) is 13.3 Å². The summed E-state index contributed by atoms with van der Waals surface area (Å²) in [6, 6.07) is 29.5. The smallest absolute Gasteiger partial charge is 0.119 e. The molecule has 0 aliphatic heterocycles. The van der Waals surface area contributed by atoms with Gasteiger partial charge in [-0.2, -0.15) is 0 Å². The van der Waals surface area contributed by atoms with Gasteiger partial charge in [0.25, 0.3) is 0 Å². The molecule has 0 amide bonds. The van der Waals surface area contributed by atoms with E-state index in [4.69, 9.17) is 4.74 Å². The first-order valence-electron chi connectivity index (χ1n) is 9.01. The Bertz CT molecular complexity index is 859. The molecule has 0 aliphatic carbocycles. The van der Waals surface area contributed by atoms with Crippen LogP contribution in [0.25, 0.3) is 11.1 Å². The zero-order valence-corrected chi connectivity index (χ0v) is 15.2. The van der Waals surface area contributed by atoms with Crippen molar-refractivity contribution in [1.29, 1.82) is 0 Å². The largest absolute Gasteiger partial charge is 0.490 e. The van der Waals surface area contributed by atoms with Crippen LogP contribution in [-0.4, -0.2) is 6.61 Å². The van der Waals surface area contributed by atoms with Crippen LogP contribution < -0.4 is 4.74 Å². The minimum atomic E-state index is 0.519. The highest BCUT2D eigenvalue weighted by Crippen LogP contribution is 2.34. The molecule has 0 unspecified atom stereocenters. The lowest BCUT2D eigenvalue weighted by atomic mass is 9.88. The summed E-state index contributed by atoms with van der Waals surface area (Å²) >= 11 is 0. The first-order valence-corrected chi connectivity index (χ1v) is 9.01. The molecule has 1 heteroatoms. The Balaban J connectivity index is 2.13. The SMILES string of the molecule is C=CCOc1ccc(/C(=C(/CC)c2ccccc2)c2ccccc2)cc1. The summed E-state index contributed by atoms with van der Waals surface area (Å²) in [5, 5.41) is 0. The topological polar surface area (TPSA) is 9.23 Å². The summed E-state index contributed by atoms with van der Waals surface area (Å²) in [5.74, 6) is 0.860. The highest BCUT2D eigenvalue weighted by atomic mass is 16.5. The van der Waals surface area contributed by atoms with Crippen LogP contribution in [0.1, 0.15) is 30.0 Å². The number of ether oxygens (including phenoxy) is 1. The van der Waals surface area contributed by atoms with E-state index < -0.39 is 0 Å². The minimum absolute atomic E-state index is 0.519. The van der Waals surface area contributed by atoms with Gasteiger partial charge in [-0.3, -0.25) is 0 Å². The van der Waals surface area contributed by atoms with Gasteiger partial charge >= 0.3 is 0 Å². The van der Waals surface area contributed by atoms with Gasteiger partial charge in [-0.15, -0.1) is 0 Å². The third kappa shape index (κ3) is 4.12. The van der Waals surface area contributed by atoms with Crippen LogP contribution in [-0.2, 0) is 0 Å². The summed E-state index contributed by atoms with van der Waals surface area (Å²) in [4.78, 5) is 0. The molecule has 3 aromatic carbocycles. The first-order chi connectivity index (χ1) is 12.8. The highest BCUT2D eigenvalue weighted by Gasteiger charge is 2.12. The second-order valence-electron chi connectivity index (χ2n) is 6.06. The fourth-order valence-electron chi connectivity index (χ4n) is 3.16. The molecule has 0 heterocycles. The lowest BCUT2D eigenvalue weighted by molar-refractivity contribution is 0.363. The number of allylic oxidation sites excluding steroid dienone is 1. The molecule has 0 spiro atoms. The molecule has 130 valence electrons. The van der Waals surface area contributed by atoms with E-state index in [0.717, 1.165) is 12.2 Å². The molecule has 0 saturated heterocycles. The Morgan fingerprint density at radius 1 is 0.769 bits per heavy atom. The van der Waals surface area contributed by atoms with E-state index in [1.165, 1.54) is 27.8 Å². The Labute approximate surface area is 156 Å². The molecule has 0 saturated carbocycles. The summed E-state index contributed by atoms with van der Waals surface area (Å²) in [5.41, 5.74) is 6.31. The molecule has 26 heavy (non-hydrogen) atoms. The molecule has 3 rings (SSSR count). The maximum atomic E-state index is 5.63. The number of hydrogen-bond acceptors (Lipinski definition) is 1. The second kappa shape index (κ2) is 8.87. The maximum Gasteiger partial charge on any atom is 0.119 e. The van der Waals surface area contributed by atoms with Gasteiger partial charge in [0.05, 0.1) is 0 Å². The molecule has 0 radical (unpaired) electrons. The molecule has 0 aliphatic rings. The molecular weight excluding hydrogens is 316 g/mol.